The van der Waals surface area contributed by atoms with Crippen molar-refractivity contribution in [3.63, 3.8) is 0 Å². The van der Waals surface area contributed by atoms with Crippen LogP contribution < -0.4 is 10.5 Å². The van der Waals surface area contributed by atoms with Gasteiger partial charge in [-0.05, 0) is 50.1 Å². The Morgan fingerprint density at radius 1 is 1.26 bits per heavy atom. The third-order valence-electron chi connectivity index (χ3n) is 2.17. The number of nitrogens with two attached hydrogens (primary N) is 1. The van der Waals surface area contributed by atoms with E-state index in [1.807, 2.05) is 0 Å². The van der Waals surface area contributed by atoms with Crippen molar-refractivity contribution in [2.45, 2.75) is 4.90 Å². The Balaban J connectivity index is 2.42. The molecule has 0 unspecified atom stereocenters. The minimum absolute atomic E-state index is 0.00854. The van der Waals surface area contributed by atoms with Crippen molar-refractivity contribution in [2.75, 3.05) is 10.5 Å². The molecule has 9 heteroatoms. The highest BCUT2D eigenvalue weighted by molar-refractivity contribution is 9.12. The minimum Gasteiger partial charge on any atom is -0.397 e. The summed E-state index contributed by atoms with van der Waals surface area (Å²) in [6.07, 6.45) is 0. The second-order valence-corrected chi connectivity index (χ2v) is 8.93. The zero-order valence-corrected chi connectivity index (χ0v) is 14.0. The van der Waals surface area contributed by atoms with Gasteiger partial charge in [0, 0.05) is 6.07 Å². The summed E-state index contributed by atoms with van der Waals surface area (Å²) in [4.78, 5) is 0.0630. The van der Waals surface area contributed by atoms with Gasteiger partial charge in [0.1, 0.15) is 10.7 Å². The van der Waals surface area contributed by atoms with Crippen LogP contribution >= 0.6 is 43.2 Å². The second kappa shape index (κ2) is 5.39. The molecular formula is C10H7Br2FN2O2S2. The van der Waals surface area contributed by atoms with Crippen LogP contribution in [-0.2, 0) is 10.0 Å². The number of rotatable bonds is 3. The maximum atomic E-state index is 13.1. The molecule has 0 aliphatic carbocycles. The summed E-state index contributed by atoms with van der Waals surface area (Å²) in [5.41, 5.74) is 5.76. The quantitative estimate of drug-likeness (QED) is 0.729. The minimum atomic E-state index is -3.83. The van der Waals surface area contributed by atoms with E-state index in [1.54, 1.807) is 0 Å². The fourth-order valence-corrected chi connectivity index (χ4v) is 6.22. The number of sulfonamides is 1. The molecule has 0 saturated heterocycles. The fourth-order valence-electron chi connectivity index (χ4n) is 1.33. The predicted molar refractivity (Wildman–Crippen MR) is 81.3 cm³/mol. The molecule has 4 nitrogen and oxygen atoms in total. The first-order chi connectivity index (χ1) is 8.79. The molecule has 0 amide bonds. The first-order valence-electron chi connectivity index (χ1n) is 4.82. The lowest BCUT2D eigenvalue weighted by Crippen LogP contribution is -2.14. The van der Waals surface area contributed by atoms with E-state index >= 15 is 0 Å². The van der Waals surface area contributed by atoms with Crippen LogP contribution in [0.2, 0.25) is 0 Å². The van der Waals surface area contributed by atoms with Crippen LogP contribution in [0.15, 0.2) is 36.7 Å². The van der Waals surface area contributed by atoms with Gasteiger partial charge in [0.2, 0.25) is 0 Å². The molecule has 0 fully saturated rings. The van der Waals surface area contributed by atoms with Crippen LogP contribution in [-0.4, -0.2) is 8.42 Å². The monoisotopic (exact) mass is 428 g/mol. The number of nitrogen functional groups attached to an aromatic ring is 1. The summed E-state index contributed by atoms with van der Waals surface area (Å²) in [7, 11) is -3.83. The summed E-state index contributed by atoms with van der Waals surface area (Å²) in [5, 5.41) is 0. The second-order valence-electron chi connectivity index (χ2n) is 3.53. The van der Waals surface area contributed by atoms with Gasteiger partial charge in [-0.2, -0.15) is 0 Å². The van der Waals surface area contributed by atoms with E-state index < -0.39 is 15.8 Å². The lowest BCUT2D eigenvalue weighted by atomic mass is 10.3. The Kier molecular flexibility index (Phi) is 4.19. The van der Waals surface area contributed by atoms with Gasteiger partial charge in [-0.3, -0.25) is 4.72 Å². The Hall–Kier alpha value is -0.640. The molecule has 3 N–H and O–H groups in total. The van der Waals surface area contributed by atoms with Crippen molar-refractivity contribution >= 4 is 64.6 Å². The van der Waals surface area contributed by atoms with Gasteiger partial charge in [0.05, 0.1) is 18.9 Å². The molecular weight excluding hydrogens is 423 g/mol. The average molecular weight is 430 g/mol. The van der Waals surface area contributed by atoms with Gasteiger partial charge in [0.25, 0.3) is 10.0 Å². The molecule has 19 heavy (non-hydrogen) atoms. The third-order valence-corrected chi connectivity index (χ3v) is 6.30. The maximum Gasteiger partial charge on any atom is 0.263 e. The van der Waals surface area contributed by atoms with Gasteiger partial charge in [-0.15, -0.1) is 11.3 Å². The summed E-state index contributed by atoms with van der Waals surface area (Å²) in [6, 6.07) is 4.94. The Morgan fingerprint density at radius 3 is 2.53 bits per heavy atom. The highest BCUT2D eigenvalue weighted by Crippen LogP contribution is 2.36. The smallest absolute Gasteiger partial charge is 0.263 e. The Bertz CT molecular complexity index is 731. The molecule has 0 spiro atoms. The van der Waals surface area contributed by atoms with Crippen molar-refractivity contribution in [3.8, 4) is 0 Å². The zero-order valence-electron chi connectivity index (χ0n) is 9.15. The van der Waals surface area contributed by atoms with Crippen molar-refractivity contribution in [3.05, 3.63) is 37.7 Å². The lowest BCUT2D eigenvalue weighted by molar-refractivity contribution is 0.601. The van der Waals surface area contributed by atoms with E-state index in [9.17, 15) is 12.8 Å². The van der Waals surface area contributed by atoms with Crippen LogP contribution in [0.3, 0.4) is 0 Å². The summed E-state index contributed by atoms with van der Waals surface area (Å²) >= 11 is 7.58. The summed E-state index contributed by atoms with van der Waals surface area (Å²) in [6.45, 7) is 0. The largest absolute Gasteiger partial charge is 0.397 e. The molecule has 1 aromatic carbocycles. The SMILES string of the molecule is Nc1ccc(F)cc1NS(=O)(=O)c1cc(Br)sc1Br. The third kappa shape index (κ3) is 3.28. The van der Waals surface area contributed by atoms with Gasteiger partial charge in [-0.1, -0.05) is 0 Å². The number of benzene rings is 1. The van der Waals surface area contributed by atoms with Crippen molar-refractivity contribution in [1.82, 2.24) is 0 Å². The molecule has 2 aromatic rings. The molecule has 0 bridgehead atoms. The Morgan fingerprint density at radius 2 is 1.95 bits per heavy atom. The zero-order chi connectivity index (χ0) is 14.2. The van der Waals surface area contributed by atoms with E-state index in [0.717, 1.165) is 12.1 Å². The number of halogens is 3. The molecule has 0 atom stereocenters. The van der Waals surface area contributed by atoms with Gasteiger partial charge in [-0.25, -0.2) is 12.8 Å². The van der Waals surface area contributed by atoms with Crippen LogP contribution in [0, 0.1) is 5.82 Å². The lowest BCUT2D eigenvalue weighted by Gasteiger charge is -2.09. The molecule has 0 radical (unpaired) electrons. The predicted octanol–water partition coefficient (Wildman–Crippen LogP) is 3.80. The molecule has 1 aromatic heterocycles. The van der Waals surface area contributed by atoms with E-state index in [4.69, 9.17) is 5.73 Å². The van der Waals surface area contributed by atoms with Crippen molar-refractivity contribution < 1.29 is 12.8 Å². The average Bonchev–Trinajstić information content (AvgIpc) is 2.63. The number of anilines is 2. The van der Waals surface area contributed by atoms with E-state index in [-0.39, 0.29) is 16.3 Å². The fraction of sp³-hybridized carbons (Fsp3) is 0. The van der Waals surface area contributed by atoms with Crippen LogP contribution in [0.5, 0.6) is 0 Å². The normalized spacial score (nSPS) is 11.5. The number of nitrogens with one attached hydrogen (secondary N) is 1. The molecule has 0 saturated carbocycles. The van der Waals surface area contributed by atoms with Crippen LogP contribution in [0.1, 0.15) is 0 Å². The molecule has 1 heterocycles. The number of hydrogen-bond acceptors (Lipinski definition) is 4. The maximum absolute atomic E-state index is 13.1. The topological polar surface area (TPSA) is 72.2 Å². The van der Waals surface area contributed by atoms with Crippen molar-refractivity contribution in [2.24, 2.45) is 0 Å². The molecule has 102 valence electrons. The number of hydrogen-bond donors (Lipinski definition) is 2. The van der Waals surface area contributed by atoms with Crippen molar-refractivity contribution in [1.29, 1.82) is 0 Å². The van der Waals surface area contributed by atoms with E-state index in [1.165, 1.54) is 23.5 Å². The van der Waals surface area contributed by atoms with Gasteiger partial charge >= 0.3 is 0 Å². The highest BCUT2D eigenvalue weighted by atomic mass is 79.9. The first-order valence-corrected chi connectivity index (χ1v) is 8.71. The number of thiophene rings is 1. The van der Waals surface area contributed by atoms with Gasteiger partial charge < -0.3 is 5.73 Å². The first kappa shape index (κ1) is 14.8. The summed E-state index contributed by atoms with van der Waals surface area (Å²) in [5.74, 6) is -0.572. The highest BCUT2D eigenvalue weighted by Gasteiger charge is 2.21. The summed E-state index contributed by atoms with van der Waals surface area (Å²) < 4.78 is 40.8. The van der Waals surface area contributed by atoms with E-state index in [2.05, 4.69) is 36.6 Å². The Labute approximate surface area is 130 Å². The van der Waals surface area contributed by atoms with E-state index in [0.29, 0.717) is 7.57 Å². The molecule has 2 rings (SSSR count). The van der Waals surface area contributed by atoms with Crippen LogP contribution in [0.25, 0.3) is 0 Å². The van der Waals surface area contributed by atoms with Gasteiger partial charge in [0.15, 0.2) is 0 Å². The standard InChI is InChI=1S/C10H7Br2FN2O2S2/c11-9-4-8(10(12)18-9)19(16,17)15-7-3-5(13)1-2-6(7)14/h1-4,15H,14H2. The molecule has 0 aliphatic rings. The molecule has 0 aliphatic heterocycles. The van der Waals surface area contributed by atoms with Crippen LogP contribution in [0.4, 0.5) is 15.8 Å².